The Morgan fingerprint density at radius 1 is 0.865 bits per heavy atom. The summed E-state index contributed by atoms with van der Waals surface area (Å²) in [5.74, 6) is 2.03. The quantitative estimate of drug-likeness (QED) is 0.225. The number of nitrogens with one attached hydrogen (secondary N) is 1. The van der Waals surface area contributed by atoms with E-state index >= 15 is 0 Å². The molecule has 0 spiro atoms. The molecular formula is C31H34Cl2N3S. The highest BCUT2D eigenvalue weighted by atomic mass is 35.5. The predicted molar refractivity (Wildman–Crippen MR) is 157 cm³/mol. The minimum absolute atomic E-state index is 0.0482. The van der Waals surface area contributed by atoms with Gasteiger partial charge in [-0.2, -0.15) is 0 Å². The molecule has 4 rings (SSSR count). The van der Waals surface area contributed by atoms with Crippen LogP contribution in [0.1, 0.15) is 99.0 Å². The van der Waals surface area contributed by atoms with Crippen LogP contribution in [0.25, 0.3) is 0 Å². The summed E-state index contributed by atoms with van der Waals surface area (Å²) in [6, 6.07) is 18.1. The van der Waals surface area contributed by atoms with E-state index in [1.165, 1.54) is 22.3 Å². The molecule has 4 aromatic rings. The van der Waals surface area contributed by atoms with Gasteiger partial charge in [-0.1, -0.05) is 88.6 Å². The Morgan fingerprint density at radius 3 is 2.14 bits per heavy atom. The summed E-state index contributed by atoms with van der Waals surface area (Å²) < 4.78 is 0. The van der Waals surface area contributed by atoms with E-state index in [9.17, 15) is 0 Å². The van der Waals surface area contributed by atoms with Crippen molar-refractivity contribution in [3.05, 3.63) is 105 Å². The van der Waals surface area contributed by atoms with Crippen LogP contribution in [-0.2, 0) is 6.42 Å². The maximum atomic E-state index is 6.29. The predicted octanol–water partition coefficient (Wildman–Crippen LogP) is 9.81. The fraction of sp³-hybridized carbons (Fsp3) is 0.355. The van der Waals surface area contributed by atoms with Gasteiger partial charge in [0.25, 0.3) is 0 Å². The molecule has 0 amide bonds. The van der Waals surface area contributed by atoms with Crippen LogP contribution in [0.4, 0.5) is 0 Å². The molecule has 0 aliphatic heterocycles. The Hall–Kier alpha value is -2.27. The van der Waals surface area contributed by atoms with Gasteiger partial charge in [-0.05, 0) is 82.8 Å². The molecule has 1 unspecified atom stereocenters. The molecular weight excluding hydrogens is 517 g/mol. The minimum atomic E-state index is 0.0482. The molecule has 193 valence electrons. The molecule has 0 saturated carbocycles. The van der Waals surface area contributed by atoms with Crippen LogP contribution in [0.15, 0.2) is 64.8 Å². The second kappa shape index (κ2) is 12.1. The van der Waals surface area contributed by atoms with Crippen molar-refractivity contribution < 1.29 is 0 Å². The average molecular weight is 552 g/mol. The van der Waals surface area contributed by atoms with E-state index in [1.54, 1.807) is 17.8 Å². The van der Waals surface area contributed by atoms with Crippen molar-refractivity contribution in [2.75, 3.05) is 0 Å². The lowest BCUT2D eigenvalue weighted by molar-refractivity contribution is 0.711. The fourth-order valence-corrected chi connectivity index (χ4v) is 6.30. The summed E-state index contributed by atoms with van der Waals surface area (Å²) in [6.07, 6.45) is 4.53. The van der Waals surface area contributed by atoms with Crippen molar-refractivity contribution in [1.82, 2.24) is 15.0 Å². The molecule has 2 aromatic heterocycles. The molecule has 0 aliphatic carbocycles. The lowest BCUT2D eigenvalue weighted by Gasteiger charge is -2.22. The van der Waals surface area contributed by atoms with Gasteiger partial charge < -0.3 is 4.98 Å². The van der Waals surface area contributed by atoms with Crippen LogP contribution in [0, 0.1) is 6.07 Å². The van der Waals surface area contributed by atoms with Crippen molar-refractivity contribution in [3.63, 3.8) is 0 Å². The number of H-pyrrole nitrogens is 1. The van der Waals surface area contributed by atoms with Crippen LogP contribution < -0.4 is 0 Å². The second-order valence-electron chi connectivity index (χ2n) is 10.4. The third-order valence-electron chi connectivity index (χ3n) is 6.44. The van der Waals surface area contributed by atoms with Gasteiger partial charge >= 0.3 is 0 Å². The van der Waals surface area contributed by atoms with E-state index in [4.69, 9.17) is 28.2 Å². The molecule has 0 fully saturated rings. The first-order valence-corrected chi connectivity index (χ1v) is 14.4. The van der Waals surface area contributed by atoms with Gasteiger partial charge in [-0.25, -0.2) is 4.98 Å². The van der Waals surface area contributed by atoms with Crippen molar-refractivity contribution in [2.45, 2.75) is 81.6 Å². The van der Waals surface area contributed by atoms with Gasteiger partial charge in [0, 0.05) is 33.3 Å². The standard InChI is InChI=1S/C31H34Cl2N3S/c1-18(2)22-7-8-26(27(14-22)19(3)4)28(13-21-9-11-34-12-10-21)30-35-29(20(5)6)31(36-30)37-25-16-23(32)15-24(33)17-25/h7-12,15-20,28H,13H2,1-6H3,(H,35,36). The largest absolute Gasteiger partial charge is 0.336 e. The zero-order chi connectivity index (χ0) is 26.7. The molecule has 6 heteroatoms. The first-order chi connectivity index (χ1) is 17.6. The number of benzene rings is 2. The summed E-state index contributed by atoms with van der Waals surface area (Å²) in [4.78, 5) is 14.1. The van der Waals surface area contributed by atoms with E-state index in [-0.39, 0.29) is 11.8 Å². The number of imidazole rings is 1. The van der Waals surface area contributed by atoms with Gasteiger partial charge in [0.05, 0.1) is 5.69 Å². The highest BCUT2D eigenvalue weighted by Crippen LogP contribution is 2.39. The van der Waals surface area contributed by atoms with Crippen molar-refractivity contribution in [1.29, 1.82) is 0 Å². The number of hydrogen-bond donors (Lipinski definition) is 1. The van der Waals surface area contributed by atoms with E-state index in [1.807, 2.05) is 24.5 Å². The van der Waals surface area contributed by atoms with Gasteiger partial charge in [-0.15, -0.1) is 0 Å². The Kier molecular flexibility index (Phi) is 9.05. The molecule has 0 bridgehead atoms. The third kappa shape index (κ3) is 6.79. The average Bonchev–Trinajstić information content (AvgIpc) is 3.25. The van der Waals surface area contributed by atoms with E-state index < -0.39 is 0 Å². The third-order valence-corrected chi connectivity index (χ3v) is 7.87. The van der Waals surface area contributed by atoms with Crippen molar-refractivity contribution in [2.24, 2.45) is 0 Å². The number of aromatic nitrogens is 3. The molecule has 3 nitrogen and oxygen atoms in total. The van der Waals surface area contributed by atoms with Crippen molar-refractivity contribution >= 4 is 35.0 Å². The topological polar surface area (TPSA) is 41.6 Å². The highest BCUT2D eigenvalue weighted by molar-refractivity contribution is 7.99. The smallest absolute Gasteiger partial charge is 0.115 e. The van der Waals surface area contributed by atoms with Crippen LogP contribution in [-0.4, -0.2) is 15.0 Å². The van der Waals surface area contributed by atoms with Gasteiger partial charge in [0.1, 0.15) is 10.9 Å². The number of rotatable bonds is 9. The highest BCUT2D eigenvalue weighted by Gasteiger charge is 2.26. The van der Waals surface area contributed by atoms with Crippen LogP contribution >= 0.6 is 35.0 Å². The molecule has 1 N–H and O–H groups in total. The van der Waals surface area contributed by atoms with Gasteiger partial charge in [0.2, 0.25) is 0 Å². The van der Waals surface area contributed by atoms with Crippen LogP contribution in [0.3, 0.4) is 0 Å². The Labute approximate surface area is 235 Å². The first-order valence-electron chi connectivity index (χ1n) is 12.8. The summed E-state index contributed by atoms with van der Waals surface area (Å²) in [6.45, 7) is 13.3. The molecule has 37 heavy (non-hydrogen) atoms. The normalized spacial score (nSPS) is 12.6. The Balaban J connectivity index is 1.84. The number of hydrogen-bond acceptors (Lipinski definition) is 3. The molecule has 1 radical (unpaired) electrons. The molecule has 1 atom stereocenters. The maximum Gasteiger partial charge on any atom is 0.115 e. The van der Waals surface area contributed by atoms with Crippen LogP contribution in [0.2, 0.25) is 10.0 Å². The molecule has 2 aromatic carbocycles. The first kappa shape index (κ1) is 27.8. The number of aromatic amines is 1. The van der Waals surface area contributed by atoms with Crippen molar-refractivity contribution in [3.8, 4) is 0 Å². The summed E-state index contributed by atoms with van der Waals surface area (Å²) in [7, 11) is 0. The van der Waals surface area contributed by atoms with Crippen LogP contribution in [0.5, 0.6) is 0 Å². The van der Waals surface area contributed by atoms with E-state index in [0.717, 1.165) is 27.9 Å². The van der Waals surface area contributed by atoms with Gasteiger partial charge in [0.15, 0.2) is 0 Å². The monoisotopic (exact) mass is 550 g/mol. The van der Waals surface area contributed by atoms with Gasteiger partial charge in [-0.3, -0.25) is 4.98 Å². The molecule has 0 saturated heterocycles. The Bertz CT molecular complexity index is 1330. The van der Waals surface area contributed by atoms with E-state index in [2.05, 4.69) is 81.8 Å². The lowest BCUT2D eigenvalue weighted by Crippen LogP contribution is -2.12. The Morgan fingerprint density at radius 2 is 1.54 bits per heavy atom. The van der Waals surface area contributed by atoms with E-state index in [0.29, 0.717) is 21.9 Å². The zero-order valence-electron chi connectivity index (χ0n) is 22.3. The number of pyridine rings is 1. The summed E-state index contributed by atoms with van der Waals surface area (Å²) in [5, 5.41) is 2.27. The number of halogens is 2. The molecule has 2 heterocycles. The summed E-state index contributed by atoms with van der Waals surface area (Å²) >= 11 is 14.2. The summed E-state index contributed by atoms with van der Waals surface area (Å²) in [5.41, 5.74) is 6.03. The fourth-order valence-electron chi connectivity index (χ4n) is 4.49. The lowest BCUT2D eigenvalue weighted by atomic mass is 9.83. The SMILES string of the molecule is CC(C)c1[c]c(C(C)C)c(C(Cc2ccncc2)c2nc(C(C)C)c(Sc3cc(Cl)cc(Cl)c3)[nH]2)cc1. The zero-order valence-corrected chi connectivity index (χ0v) is 24.6. The number of nitrogens with zero attached hydrogens (tertiary/aromatic N) is 2. The second-order valence-corrected chi connectivity index (χ2v) is 12.4. The minimum Gasteiger partial charge on any atom is -0.336 e. The molecule has 0 aliphatic rings. The maximum absolute atomic E-state index is 6.29.